The molecule has 0 saturated heterocycles. The number of benzene rings is 2. The van der Waals surface area contributed by atoms with Gasteiger partial charge in [-0.05, 0) is 49.2 Å². The zero-order valence-electron chi connectivity index (χ0n) is 17.4. The Kier molecular flexibility index (Phi) is 5.73. The molecule has 9 nitrogen and oxygen atoms in total. The highest BCUT2D eigenvalue weighted by molar-refractivity contribution is 7.87. The van der Waals surface area contributed by atoms with Gasteiger partial charge in [-0.25, -0.2) is 9.78 Å². The molecule has 1 fully saturated rings. The maximum absolute atomic E-state index is 12.7. The molecule has 0 bridgehead atoms. The highest BCUT2D eigenvalue weighted by Gasteiger charge is 2.19. The van der Waals surface area contributed by atoms with Crippen molar-refractivity contribution in [1.82, 2.24) is 14.9 Å². The van der Waals surface area contributed by atoms with Crippen LogP contribution in [0.5, 0.6) is 5.75 Å². The molecule has 3 N–H and O–H groups in total. The maximum Gasteiger partial charge on any atom is 0.339 e. The lowest BCUT2D eigenvalue weighted by atomic mass is 10.2. The molecule has 1 aromatic heterocycles. The van der Waals surface area contributed by atoms with Gasteiger partial charge in [-0.2, -0.15) is 8.42 Å². The molecule has 1 aliphatic rings. The van der Waals surface area contributed by atoms with Gasteiger partial charge >= 0.3 is 16.1 Å². The van der Waals surface area contributed by atoms with Crippen molar-refractivity contribution in [2.24, 2.45) is 0 Å². The molecular weight excluding hydrogens is 418 g/mol. The molecule has 0 spiro atoms. The van der Waals surface area contributed by atoms with Crippen molar-refractivity contribution in [3.63, 3.8) is 0 Å². The van der Waals surface area contributed by atoms with Crippen molar-refractivity contribution in [2.75, 3.05) is 24.7 Å². The molecule has 10 heteroatoms. The van der Waals surface area contributed by atoms with Crippen molar-refractivity contribution in [3.8, 4) is 5.75 Å². The fraction of sp³-hybridized carbons (Fsp3) is 0.333. The normalized spacial score (nSPS) is 14.5. The van der Waals surface area contributed by atoms with Crippen molar-refractivity contribution in [1.29, 1.82) is 0 Å². The summed E-state index contributed by atoms with van der Waals surface area (Å²) in [4.78, 5) is 20.4. The Balaban J connectivity index is 1.47. The standard InChI is InChI=1S/C21H25N5O4S/c1-26(2)21(27)25-20-23-18-12-9-16(13-19(18)24-20)30-31(28,29)17-10-7-15(8-11-17)22-14-5-3-4-6-14/h7-14,22H,3-6H2,1-2H3,(H2,23,24,25,27). The molecular formula is C21H25N5O4S. The Hall–Kier alpha value is -3.27. The van der Waals surface area contributed by atoms with Crippen LogP contribution in [0, 0.1) is 0 Å². The Bertz CT molecular complexity index is 1180. The quantitative estimate of drug-likeness (QED) is 0.499. The molecule has 1 aliphatic carbocycles. The van der Waals surface area contributed by atoms with Crippen LogP contribution in [0.2, 0.25) is 0 Å². The summed E-state index contributed by atoms with van der Waals surface area (Å²) in [5.74, 6) is 0.411. The Morgan fingerprint density at radius 2 is 1.84 bits per heavy atom. The summed E-state index contributed by atoms with van der Waals surface area (Å²) in [6, 6.07) is 11.4. The van der Waals surface area contributed by atoms with Crippen LogP contribution >= 0.6 is 0 Å². The molecule has 0 atom stereocenters. The molecule has 0 unspecified atom stereocenters. The highest BCUT2D eigenvalue weighted by Crippen LogP contribution is 2.26. The number of urea groups is 1. The van der Waals surface area contributed by atoms with Crippen LogP contribution in [-0.4, -0.2) is 49.5 Å². The van der Waals surface area contributed by atoms with Gasteiger partial charge in [0, 0.05) is 31.9 Å². The van der Waals surface area contributed by atoms with Gasteiger partial charge in [-0.3, -0.25) is 5.32 Å². The van der Waals surface area contributed by atoms with E-state index in [0.717, 1.165) is 18.5 Å². The predicted molar refractivity (Wildman–Crippen MR) is 119 cm³/mol. The van der Waals surface area contributed by atoms with Gasteiger partial charge in [0.2, 0.25) is 5.95 Å². The van der Waals surface area contributed by atoms with Gasteiger partial charge in [0.05, 0.1) is 11.0 Å². The molecule has 164 valence electrons. The highest BCUT2D eigenvalue weighted by atomic mass is 32.2. The third-order valence-corrected chi connectivity index (χ3v) is 6.42. The van der Waals surface area contributed by atoms with Gasteiger partial charge in [0.25, 0.3) is 0 Å². The van der Waals surface area contributed by atoms with Crippen molar-refractivity contribution >= 4 is 38.8 Å². The number of nitrogens with one attached hydrogen (secondary N) is 3. The molecule has 2 aromatic carbocycles. The van der Waals surface area contributed by atoms with E-state index in [9.17, 15) is 13.2 Å². The van der Waals surface area contributed by atoms with Crippen LogP contribution in [-0.2, 0) is 10.1 Å². The lowest BCUT2D eigenvalue weighted by Crippen LogP contribution is -2.27. The fourth-order valence-electron chi connectivity index (χ4n) is 3.51. The first kappa shape index (κ1) is 21.0. The molecule has 2 amide bonds. The second-order valence-corrected chi connectivity index (χ2v) is 9.32. The summed E-state index contributed by atoms with van der Waals surface area (Å²) >= 11 is 0. The number of carbonyl (C=O) groups excluding carboxylic acids is 1. The van der Waals surface area contributed by atoms with Gasteiger partial charge in [0.1, 0.15) is 10.6 Å². The number of imidazole rings is 1. The number of aromatic nitrogens is 2. The van der Waals surface area contributed by atoms with Crippen LogP contribution in [0.3, 0.4) is 0 Å². The van der Waals surface area contributed by atoms with E-state index in [1.54, 1.807) is 32.3 Å². The van der Waals surface area contributed by atoms with Crippen molar-refractivity contribution < 1.29 is 17.4 Å². The van der Waals surface area contributed by atoms with Gasteiger partial charge in [-0.1, -0.05) is 12.8 Å². The van der Waals surface area contributed by atoms with E-state index in [-0.39, 0.29) is 22.6 Å². The largest absolute Gasteiger partial charge is 0.382 e. The number of nitrogens with zero attached hydrogens (tertiary/aromatic N) is 2. The number of rotatable bonds is 6. The summed E-state index contributed by atoms with van der Waals surface area (Å²) < 4.78 is 30.7. The molecule has 1 saturated carbocycles. The minimum atomic E-state index is -3.99. The van der Waals surface area contributed by atoms with Crippen LogP contribution in [0.1, 0.15) is 25.7 Å². The Labute approximate surface area is 180 Å². The van der Waals surface area contributed by atoms with E-state index in [0.29, 0.717) is 17.1 Å². The minimum absolute atomic E-state index is 0.0770. The second kappa shape index (κ2) is 8.46. The third-order valence-electron chi connectivity index (χ3n) is 5.16. The number of aromatic amines is 1. The molecule has 31 heavy (non-hydrogen) atoms. The summed E-state index contributed by atoms with van der Waals surface area (Å²) in [6.07, 6.45) is 4.73. The number of hydrogen-bond acceptors (Lipinski definition) is 6. The molecule has 1 heterocycles. The number of amides is 2. The molecule has 0 aliphatic heterocycles. The number of fused-ring (bicyclic) bond motifs is 1. The van der Waals surface area contributed by atoms with E-state index < -0.39 is 10.1 Å². The SMILES string of the molecule is CN(C)C(=O)Nc1nc2ccc(OS(=O)(=O)c3ccc(NC4CCCC4)cc3)cc2[nH]1. The minimum Gasteiger partial charge on any atom is -0.382 e. The average molecular weight is 444 g/mol. The topological polar surface area (TPSA) is 116 Å². The van der Waals surface area contributed by atoms with Crippen LogP contribution in [0.25, 0.3) is 11.0 Å². The molecule has 4 rings (SSSR count). The second-order valence-electron chi connectivity index (χ2n) is 7.78. The molecule has 0 radical (unpaired) electrons. The van der Waals surface area contributed by atoms with Crippen molar-refractivity contribution in [2.45, 2.75) is 36.6 Å². The van der Waals surface area contributed by atoms with E-state index in [1.807, 2.05) is 0 Å². The van der Waals surface area contributed by atoms with Crippen LogP contribution in [0.15, 0.2) is 47.4 Å². The number of hydrogen-bond donors (Lipinski definition) is 3. The van der Waals surface area contributed by atoms with Crippen molar-refractivity contribution in [3.05, 3.63) is 42.5 Å². The Morgan fingerprint density at radius 3 is 2.52 bits per heavy atom. The molecule has 3 aromatic rings. The monoisotopic (exact) mass is 443 g/mol. The third kappa shape index (κ3) is 4.91. The number of anilines is 2. The van der Waals surface area contributed by atoms with E-state index in [1.165, 1.54) is 42.0 Å². The zero-order chi connectivity index (χ0) is 22.0. The summed E-state index contributed by atoms with van der Waals surface area (Å²) in [6.45, 7) is 0. The lowest BCUT2D eigenvalue weighted by molar-refractivity contribution is 0.230. The number of H-pyrrole nitrogens is 1. The lowest BCUT2D eigenvalue weighted by Gasteiger charge is -2.14. The number of carbonyl (C=O) groups is 1. The smallest absolute Gasteiger partial charge is 0.339 e. The average Bonchev–Trinajstić information content (AvgIpc) is 3.37. The maximum atomic E-state index is 12.7. The zero-order valence-corrected chi connectivity index (χ0v) is 18.2. The van der Waals surface area contributed by atoms with Gasteiger partial charge in [-0.15, -0.1) is 0 Å². The van der Waals surface area contributed by atoms with E-state index in [4.69, 9.17) is 4.18 Å². The van der Waals surface area contributed by atoms with E-state index in [2.05, 4.69) is 20.6 Å². The van der Waals surface area contributed by atoms with Crippen LogP contribution < -0.4 is 14.8 Å². The Morgan fingerprint density at radius 1 is 1.13 bits per heavy atom. The summed E-state index contributed by atoms with van der Waals surface area (Å²) in [7, 11) is -0.754. The first-order chi connectivity index (χ1) is 14.8. The van der Waals surface area contributed by atoms with Crippen LogP contribution in [0.4, 0.5) is 16.4 Å². The first-order valence-corrected chi connectivity index (χ1v) is 11.5. The predicted octanol–water partition coefficient (Wildman–Crippen LogP) is 3.78. The van der Waals surface area contributed by atoms with Gasteiger partial charge < -0.3 is 19.4 Å². The first-order valence-electron chi connectivity index (χ1n) is 10.1. The summed E-state index contributed by atoms with van der Waals surface area (Å²) in [5, 5.41) is 6.04. The van der Waals surface area contributed by atoms with E-state index >= 15 is 0 Å². The fourth-order valence-corrected chi connectivity index (χ4v) is 4.43. The van der Waals surface area contributed by atoms with Gasteiger partial charge in [0.15, 0.2) is 0 Å². The summed E-state index contributed by atoms with van der Waals surface area (Å²) in [5.41, 5.74) is 2.01.